The van der Waals surface area contributed by atoms with Gasteiger partial charge in [-0.3, -0.25) is 0 Å². The van der Waals surface area contributed by atoms with Crippen LogP contribution in [0.15, 0.2) is 18.2 Å². The van der Waals surface area contributed by atoms with Crippen LogP contribution in [0.25, 0.3) is 0 Å². The highest BCUT2D eigenvalue weighted by Gasteiger charge is 2.53. The standard InChI is InChI=1S/C18H25ClFN/c1-12(2)10-21-11-18(8-14-6-15(14)9-18)7-13-4-3-5-16(20)17(13)19/h3-5,12,14-15,21H,6-11H2,1-2H3. The molecule has 0 heterocycles. The summed E-state index contributed by atoms with van der Waals surface area (Å²) in [7, 11) is 0. The molecule has 1 aromatic carbocycles. The summed E-state index contributed by atoms with van der Waals surface area (Å²) in [5.74, 6) is 2.20. The van der Waals surface area contributed by atoms with E-state index in [9.17, 15) is 4.39 Å². The van der Waals surface area contributed by atoms with E-state index >= 15 is 0 Å². The van der Waals surface area contributed by atoms with E-state index in [0.717, 1.165) is 36.9 Å². The van der Waals surface area contributed by atoms with Crippen molar-refractivity contribution in [3.8, 4) is 0 Å². The lowest BCUT2D eigenvalue weighted by Gasteiger charge is -2.32. The normalized spacial score (nSPS) is 30.7. The van der Waals surface area contributed by atoms with Gasteiger partial charge in [-0.05, 0) is 67.0 Å². The first-order valence-corrected chi connectivity index (χ1v) is 8.50. The Bertz CT molecular complexity index is 504. The van der Waals surface area contributed by atoms with Gasteiger partial charge >= 0.3 is 0 Å². The lowest BCUT2D eigenvalue weighted by Crippen LogP contribution is -2.37. The van der Waals surface area contributed by atoms with Crippen LogP contribution in [0.4, 0.5) is 4.39 Å². The van der Waals surface area contributed by atoms with E-state index < -0.39 is 0 Å². The van der Waals surface area contributed by atoms with Gasteiger partial charge < -0.3 is 5.32 Å². The summed E-state index contributed by atoms with van der Waals surface area (Å²) >= 11 is 6.17. The van der Waals surface area contributed by atoms with Crippen LogP contribution in [-0.2, 0) is 6.42 Å². The highest BCUT2D eigenvalue weighted by molar-refractivity contribution is 6.31. The minimum atomic E-state index is -0.289. The molecule has 3 heteroatoms. The number of halogens is 2. The van der Waals surface area contributed by atoms with Gasteiger partial charge in [0.2, 0.25) is 0 Å². The lowest BCUT2D eigenvalue weighted by molar-refractivity contribution is 0.245. The van der Waals surface area contributed by atoms with Gasteiger partial charge in [-0.2, -0.15) is 0 Å². The van der Waals surface area contributed by atoms with Gasteiger partial charge in [0.1, 0.15) is 5.82 Å². The smallest absolute Gasteiger partial charge is 0.142 e. The molecule has 21 heavy (non-hydrogen) atoms. The van der Waals surface area contributed by atoms with Crippen LogP contribution >= 0.6 is 11.6 Å². The van der Waals surface area contributed by atoms with Crippen LogP contribution < -0.4 is 5.32 Å². The monoisotopic (exact) mass is 309 g/mol. The third kappa shape index (κ3) is 3.43. The SMILES string of the molecule is CC(C)CNCC1(Cc2cccc(F)c2Cl)CC2CC2C1. The maximum Gasteiger partial charge on any atom is 0.142 e. The minimum Gasteiger partial charge on any atom is -0.316 e. The first-order chi connectivity index (χ1) is 9.99. The summed E-state index contributed by atoms with van der Waals surface area (Å²) < 4.78 is 13.7. The largest absolute Gasteiger partial charge is 0.316 e. The fourth-order valence-electron chi connectivity index (χ4n) is 4.07. The van der Waals surface area contributed by atoms with Crippen LogP contribution in [0.5, 0.6) is 0 Å². The van der Waals surface area contributed by atoms with Crippen molar-refractivity contribution in [3.63, 3.8) is 0 Å². The topological polar surface area (TPSA) is 12.0 Å². The Hall–Kier alpha value is -0.600. The van der Waals surface area contributed by atoms with Crippen molar-refractivity contribution >= 4 is 11.6 Å². The summed E-state index contributed by atoms with van der Waals surface area (Å²) in [5, 5.41) is 3.95. The molecule has 3 rings (SSSR count). The number of hydrogen-bond acceptors (Lipinski definition) is 1. The van der Waals surface area contributed by atoms with E-state index in [2.05, 4.69) is 19.2 Å². The van der Waals surface area contributed by atoms with Crippen molar-refractivity contribution in [1.29, 1.82) is 0 Å². The predicted molar refractivity (Wildman–Crippen MR) is 86.1 cm³/mol. The third-order valence-electron chi connectivity index (χ3n) is 5.11. The van der Waals surface area contributed by atoms with Crippen LogP contribution in [-0.4, -0.2) is 13.1 Å². The van der Waals surface area contributed by atoms with Gasteiger partial charge in [0.05, 0.1) is 5.02 Å². The molecule has 2 atom stereocenters. The molecule has 116 valence electrons. The van der Waals surface area contributed by atoms with Gasteiger partial charge in [0.25, 0.3) is 0 Å². The molecule has 2 unspecified atom stereocenters. The lowest BCUT2D eigenvalue weighted by atomic mass is 9.77. The zero-order valence-electron chi connectivity index (χ0n) is 13.0. The fraction of sp³-hybridized carbons (Fsp3) is 0.667. The maximum absolute atomic E-state index is 13.7. The first kappa shape index (κ1) is 15.3. The minimum absolute atomic E-state index is 0.278. The molecule has 2 saturated carbocycles. The van der Waals surface area contributed by atoms with Crippen LogP contribution in [0, 0.1) is 29.0 Å². The molecule has 2 aliphatic carbocycles. The molecular formula is C18H25ClFN. The summed E-state index contributed by atoms with van der Waals surface area (Å²) in [6.45, 7) is 6.55. The Kier molecular flexibility index (Phi) is 4.29. The number of benzene rings is 1. The van der Waals surface area contributed by atoms with E-state index in [1.54, 1.807) is 6.07 Å². The van der Waals surface area contributed by atoms with Crippen molar-refractivity contribution < 1.29 is 4.39 Å². The Labute approximate surface area is 132 Å². The number of hydrogen-bond donors (Lipinski definition) is 1. The zero-order chi connectivity index (χ0) is 15.0. The number of rotatable bonds is 6. The molecule has 0 saturated heterocycles. The molecule has 1 nitrogen and oxygen atoms in total. The molecule has 0 amide bonds. The molecule has 0 aliphatic heterocycles. The van der Waals surface area contributed by atoms with Crippen molar-refractivity contribution in [2.24, 2.45) is 23.2 Å². The zero-order valence-corrected chi connectivity index (χ0v) is 13.7. The highest BCUT2D eigenvalue weighted by Crippen LogP contribution is 2.60. The van der Waals surface area contributed by atoms with E-state index in [1.807, 2.05) is 6.07 Å². The second-order valence-electron chi connectivity index (χ2n) is 7.58. The van der Waals surface area contributed by atoms with Crippen molar-refractivity contribution in [2.45, 2.75) is 39.5 Å². The van der Waals surface area contributed by atoms with Crippen LogP contribution in [0.3, 0.4) is 0 Å². The molecule has 0 spiro atoms. The van der Waals surface area contributed by atoms with Crippen molar-refractivity contribution in [1.82, 2.24) is 5.32 Å². The maximum atomic E-state index is 13.7. The predicted octanol–water partition coefficient (Wildman–Crippen LogP) is 4.68. The van der Waals surface area contributed by atoms with Crippen LogP contribution in [0.2, 0.25) is 5.02 Å². The average Bonchev–Trinajstić information content (AvgIpc) is 3.03. The Morgan fingerprint density at radius 2 is 2.05 bits per heavy atom. The summed E-state index contributed by atoms with van der Waals surface area (Å²) in [5.41, 5.74) is 1.25. The van der Waals surface area contributed by atoms with Crippen molar-refractivity contribution in [2.75, 3.05) is 13.1 Å². The molecule has 0 bridgehead atoms. The second-order valence-corrected chi connectivity index (χ2v) is 7.96. The number of fused-ring (bicyclic) bond motifs is 1. The quantitative estimate of drug-likeness (QED) is 0.804. The van der Waals surface area contributed by atoms with Crippen molar-refractivity contribution in [3.05, 3.63) is 34.6 Å². The fourth-order valence-corrected chi connectivity index (χ4v) is 4.26. The van der Waals surface area contributed by atoms with E-state index in [4.69, 9.17) is 11.6 Å². The summed E-state index contributed by atoms with van der Waals surface area (Å²) in [6.07, 6.45) is 4.86. The van der Waals surface area contributed by atoms with Gasteiger partial charge in [0.15, 0.2) is 0 Å². The summed E-state index contributed by atoms with van der Waals surface area (Å²) in [6, 6.07) is 5.21. The molecule has 1 N–H and O–H groups in total. The van der Waals surface area contributed by atoms with Gasteiger partial charge in [-0.1, -0.05) is 37.6 Å². The van der Waals surface area contributed by atoms with E-state index in [-0.39, 0.29) is 11.2 Å². The highest BCUT2D eigenvalue weighted by atomic mass is 35.5. The van der Waals surface area contributed by atoms with Gasteiger partial charge in [-0.25, -0.2) is 4.39 Å². The Morgan fingerprint density at radius 3 is 2.71 bits per heavy atom. The first-order valence-electron chi connectivity index (χ1n) is 8.13. The summed E-state index contributed by atoms with van der Waals surface area (Å²) in [4.78, 5) is 0. The van der Waals surface area contributed by atoms with Gasteiger partial charge in [0, 0.05) is 6.54 Å². The van der Waals surface area contributed by atoms with E-state index in [0.29, 0.717) is 10.9 Å². The Balaban J connectivity index is 1.72. The molecule has 0 radical (unpaired) electrons. The Morgan fingerprint density at radius 1 is 1.33 bits per heavy atom. The van der Waals surface area contributed by atoms with Gasteiger partial charge in [-0.15, -0.1) is 0 Å². The molecule has 0 aromatic heterocycles. The molecular weight excluding hydrogens is 285 g/mol. The average molecular weight is 310 g/mol. The third-order valence-corrected chi connectivity index (χ3v) is 5.53. The molecule has 2 aliphatic rings. The molecule has 1 aromatic rings. The number of nitrogens with one attached hydrogen (secondary N) is 1. The van der Waals surface area contributed by atoms with E-state index in [1.165, 1.54) is 25.3 Å². The van der Waals surface area contributed by atoms with Crippen LogP contribution in [0.1, 0.15) is 38.7 Å². The second kappa shape index (κ2) is 5.89. The molecule has 2 fully saturated rings.